The molecule has 5 rings (SSSR count). The highest BCUT2D eigenvalue weighted by Crippen LogP contribution is 2.32. The van der Waals surface area contributed by atoms with E-state index in [-0.39, 0.29) is 0 Å². The fourth-order valence-electron chi connectivity index (χ4n) is 3.45. The summed E-state index contributed by atoms with van der Waals surface area (Å²) in [6.45, 7) is 0. The molecule has 0 fully saturated rings. The summed E-state index contributed by atoms with van der Waals surface area (Å²) in [6.07, 6.45) is 5.22. The highest BCUT2D eigenvalue weighted by molar-refractivity contribution is 6.09. The van der Waals surface area contributed by atoms with Gasteiger partial charge in [-0.1, -0.05) is 48.5 Å². The van der Waals surface area contributed by atoms with Crippen LogP contribution in [0.3, 0.4) is 0 Å². The summed E-state index contributed by atoms with van der Waals surface area (Å²) in [5, 5.41) is 2.55. The molecule has 0 spiro atoms. The number of fused-ring (bicyclic) bond motifs is 3. The number of nitrogens with zero attached hydrogens (tertiary/aromatic N) is 3. The topological polar surface area (TPSA) is 30.7 Å². The normalized spacial score (nSPS) is 11.2. The third-order valence-electron chi connectivity index (χ3n) is 4.60. The Labute approximate surface area is 145 Å². The fraction of sp³-hybridized carbons (Fsp3) is 0. The number of hydrogen-bond donors (Lipinski definition) is 0. The van der Waals surface area contributed by atoms with Crippen LogP contribution in [0.15, 0.2) is 91.5 Å². The van der Waals surface area contributed by atoms with Gasteiger partial charge in [-0.25, -0.2) is 9.97 Å². The molecule has 118 valence electrons. The maximum Gasteiger partial charge on any atom is 0.115 e. The van der Waals surface area contributed by atoms with Crippen molar-refractivity contribution in [2.75, 3.05) is 0 Å². The Morgan fingerprint density at radius 1 is 0.560 bits per heavy atom. The van der Waals surface area contributed by atoms with Gasteiger partial charge in [-0.15, -0.1) is 0 Å². The zero-order valence-corrected chi connectivity index (χ0v) is 13.5. The van der Waals surface area contributed by atoms with Crippen LogP contribution in [0.4, 0.5) is 0 Å². The molecule has 2 heterocycles. The first-order chi connectivity index (χ1) is 12.4. The first-order valence-corrected chi connectivity index (χ1v) is 8.26. The molecular weight excluding hydrogens is 306 g/mol. The zero-order chi connectivity index (χ0) is 16.6. The highest BCUT2D eigenvalue weighted by Gasteiger charge is 2.11. The molecule has 3 heteroatoms. The van der Waals surface area contributed by atoms with Crippen LogP contribution in [-0.4, -0.2) is 14.5 Å². The largest absolute Gasteiger partial charge is 0.309 e. The minimum Gasteiger partial charge on any atom is -0.309 e. The average molecular weight is 321 g/mol. The molecular formula is C22H15N3. The molecule has 0 N–H and O–H groups in total. The van der Waals surface area contributed by atoms with Gasteiger partial charge in [0.15, 0.2) is 0 Å². The van der Waals surface area contributed by atoms with Gasteiger partial charge in [0.2, 0.25) is 0 Å². The lowest BCUT2D eigenvalue weighted by atomic mass is 10.1. The molecule has 0 aliphatic heterocycles. The molecule has 2 aromatic heterocycles. The van der Waals surface area contributed by atoms with E-state index in [4.69, 9.17) is 0 Å². The average Bonchev–Trinajstić information content (AvgIpc) is 3.03. The van der Waals surface area contributed by atoms with Gasteiger partial charge in [-0.2, -0.15) is 0 Å². The molecule has 0 atom stereocenters. The molecule has 0 saturated heterocycles. The van der Waals surface area contributed by atoms with Crippen molar-refractivity contribution in [3.8, 4) is 16.8 Å². The second-order valence-electron chi connectivity index (χ2n) is 6.04. The predicted molar refractivity (Wildman–Crippen MR) is 102 cm³/mol. The number of rotatable bonds is 2. The first-order valence-electron chi connectivity index (χ1n) is 8.26. The van der Waals surface area contributed by atoms with Gasteiger partial charge < -0.3 is 4.57 Å². The van der Waals surface area contributed by atoms with Crippen molar-refractivity contribution in [1.82, 2.24) is 14.5 Å². The number of benzene rings is 3. The Morgan fingerprint density at radius 2 is 1.12 bits per heavy atom. The van der Waals surface area contributed by atoms with Crippen LogP contribution in [-0.2, 0) is 0 Å². The SMILES string of the molecule is c1ccc2c(c1)c1ccccc1n2-c1ccc(-c2cncnc2)cc1. The minimum atomic E-state index is 1.02. The van der Waals surface area contributed by atoms with E-state index in [9.17, 15) is 0 Å². The third-order valence-corrected chi connectivity index (χ3v) is 4.60. The molecule has 3 aromatic carbocycles. The van der Waals surface area contributed by atoms with E-state index in [1.165, 1.54) is 21.8 Å². The van der Waals surface area contributed by atoms with E-state index in [0.717, 1.165) is 16.8 Å². The van der Waals surface area contributed by atoms with E-state index in [1.54, 1.807) is 6.33 Å². The van der Waals surface area contributed by atoms with Crippen LogP contribution < -0.4 is 0 Å². The Balaban J connectivity index is 1.73. The van der Waals surface area contributed by atoms with Gasteiger partial charge in [0, 0.05) is 34.4 Å². The van der Waals surface area contributed by atoms with Crippen molar-refractivity contribution >= 4 is 21.8 Å². The zero-order valence-electron chi connectivity index (χ0n) is 13.5. The standard InChI is InChI=1S/C22H15N3/c1-3-7-21-19(5-1)20-6-2-4-8-22(20)25(21)18-11-9-16(10-12-18)17-13-23-15-24-14-17/h1-15H. The predicted octanol–water partition coefficient (Wildman–Crippen LogP) is 5.24. The summed E-state index contributed by atoms with van der Waals surface area (Å²) in [4.78, 5) is 8.20. The molecule has 25 heavy (non-hydrogen) atoms. The van der Waals surface area contributed by atoms with E-state index in [2.05, 4.69) is 87.3 Å². The molecule has 3 nitrogen and oxygen atoms in total. The first kappa shape index (κ1) is 13.9. The van der Waals surface area contributed by atoms with Crippen LogP contribution in [0.5, 0.6) is 0 Å². The highest BCUT2D eigenvalue weighted by atomic mass is 15.0. The van der Waals surface area contributed by atoms with Crippen molar-refractivity contribution < 1.29 is 0 Å². The molecule has 5 aromatic rings. The quantitative estimate of drug-likeness (QED) is 0.445. The summed E-state index contributed by atoms with van der Waals surface area (Å²) in [5.41, 5.74) is 5.73. The third kappa shape index (κ3) is 2.21. The van der Waals surface area contributed by atoms with E-state index in [0.29, 0.717) is 0 Å². The van der Waals surface area contributed by atoms with Gasteiger partial charge in [-0.3, -0.25) is 0 Å². The van der Waals surface area contributed by atoms with Crippen molar-refractivity contribution in [3.63, 3.8) is 0 Å². The molecule has 0 bridgehead atoms. The summed E-state index contributed by atoms with van der Waals surface area (Å²) in [5.74, 6) is 0. The van der Waals surface area contributed by atoms with E-state index in [1.807, 2.05) is 12.4 Å². The Morgan fingerprint density at radius 3 is 1.72 bits per heavy atom. The molecule has 0 saturated carbocycles. The van der Waals surface area contributed by atoms with E-state index < -0.39 is 0 Å². The van der Waals surface area contributed by atoms with Gasteiger partial charge >= 0.3 is 0 Å². The number of aromatic nitrogens is 3. The molecule has 0 amide bonds. The fourth-order valence-corrected chi connectivity index (χ4v) is 3.45. The lowest BCUT2D eigenvalue weighted by molar-refractivity contribution is 1.16. The smallest absolute Gasteiger partial charge is 0.115 e. The Hall–Kier alpha value is -3.46. The summed E-state index contributed by atoms with van der Waals surface area (Å²) in [7, 11) is 0. The summed E-state index contributed by atoms with van der Waals surface area (Å²) < 4.78 is 2.32. The van der Waals surface area contributed by atoms with Crippen molar-refractivity contribution in [2.24, 2.45) is 0 Å². The van der Waals surface area contributed by atoms with Crippen molar-refractivity contribution in [2.45, 2.75) is 0 Å². The van der Waals surface area contributed by atoms with Crippen LogP contribution >= 0.6 is 0 Å². The molecule has 0 aliphatic carbocycles. The number of hydrogen-bond acceptors (Lipinski definition) is 2. The van der Waals surface area contributed by atoms with Gasteiger partial charge in [0.25, 0.3) is 0 Å². The van der Waals surface area contributed by atoms with Crippen molar-refractivity contribution in [1.29, 1.82) is 0 Å². The molecule has 0 unspecified atom stereocenters. The van der Waals surface area contributed by atoms with Gasteiger partial charge in [-0.05, 0) is 29.8 Å². The summed E-state index contributed by atoms with van der Waals surface area (Å²) in [6, 6.07) is 25.6. The van der Waals surface area contributed by atoms with Crippen LogP contribution in [0.25, 0.3) is 38.6 Å². The molecule has 0 radical (unpaired) electrons. The van der Waals surface area contributed by atoms with Gasteiger partial charge in [0.05, 0.1) is 11.0 Å². The minimum absolute atomic E-state index is 1.02. The maximum absolute atomic E-state index is 4.10. The van der Waals surface area contributed by atoms with Crippen LogP contribution in [0, 0.1) is 0 Å². The van der Waals surface area contributed by atoms with Crippen LogP contribution in [0.2, 0.25) is 0 Å². The van der Waals surface area contributed by atoms with E-state index >= 15 is 0 Å². The molecule has 0 aliphatic rings. The second-order valence-corrected chi connectivity index (χ2v) is 6.04. The Bertz CT molecular complexity index is 1120. The maximum atomic E-state index is 4.10. The summed E-state index contributed by atoms with van der Waals surface area (Å²) >= 11 is 0. The number of para-hydroxylation sites is 2. The van der Waals surface area contributed by atoms with Gasteiger partial charge in [0.1, 0.15) is 6.33 Å². The monoisotopic (exact) mass is 321 g/mol. The lowest BCUT2D eigenvalue weighted by Crippen LogP contribution is -1.93. The second kappa shape index (κ2) is 5.56. The van der Waals surface area contributed by atoms with Crippen LogP contribution in [0.1, 0.15) is 0 Å². The lowest BCUT2D eigenvalue weighted by Gasteiger charge is -2.09. The van der Waals surface area contributed by atoms with Crippen molar-refractivity contribution in [3.05, 3.63) is 91.5 Å². The Kier molecular flexibility index (Phi) is 3.10.